The zero-order valence-corrected chi connectivity index (χ0v) is 11.2. The van der Waals surface area contributed by atoms with Crippen LogP contribution in [-0.2, 0) is 15.6 Å². The van der Waals surface area contributed by atoms with Crippen molar-refractivity contribution in [1.29, 1.82) is 0 Å². The molecule has 0 aliphatic carbocycles. The van der Waals surface area contributed by atoms with Crippen LogP contribution in [0, 0.1) is 0 Å². The van der Waals surface area contributed by atoms with Crippen molar-refractivity contribution in [2.24, 2.45) is 0 Å². The van der Waals surface area contributed by atoms with Gasteiger partial charge in [0.1, 0.15) is 0 Å². The molecule has 1 aromatic carbocycles. The molecular weight excluding hydrogens is 252 g/mol. The highest BCUT2D eigenvalue weighted by Gasteiger charge is 2.07. The van der Waals surface area contributed by atoms with E-state index in [0.717, 1.165) is 0 Å². The lowest BCUT2D eigenvalue weighted by Gasteiger charge is -2.05. The molecule has 6 heteroatoms. The number of benzene rings is 1. The van der Waals surface area contributed by atoms with Gasteiger partial charge in [0, 0.05) is 34.1 Å². The molecular formula is C12H16N2O3S. The molecule has 0 aliphatic heterocycles. The Labute approximate surface area is 108 Å². The second kappa shape index (κ2) is 6.90. The van der Waals surface area contributed by atoms with Crippen LogP contribution in [0.4, 0.5) is 0 Å². The highest BCUT2D eigenvalue weighted by atomic mass is 32.2. The highest BCUT2D eigenvalue weighted by molar-refractivity contribution is 7.84. The molecule has 1 rings (SSSR count). The van der Waals surface area contributed by atoms with E-state index in [4.69, 9.17) is 0 Å². The van der Waals surface area contributed by atoms with Crippen molar-refractivity contribution in [3.63, 3.8) is 0 Å². The molecule has 0 fully saturated rings. The van der Waals surface area contributed by atoms with Gasteiger partial charge in [-0.1, -0.05) is 0 Å². The summed E-state index contributed by atoms with van der Waals surface area (Å²) in [6.07, 6.45) is 1.57. The Balaban J connectivity index is 2.56. The Kier molecular flexibility index (Phi) is 5.51. The van der Waals surface area contributed by atoms with Gasteiger partial charge < -0.3 is 10.6 Å². The second-order valence-corrected chi connectivity index (χ2v) is 4.99. The minimum absolute atomic E-state index is 0.0475. The van der Waals surface area contributed by atoms with E-state index in [0.29, 0.717) is 17.0 Å². The standard InChI is InChI=1S/C12H16N2O3S/c1-3-13-11(15)8-14-12(16)9-4-6-10(7-5-9)18(2)17/h4-7H,3,8H2,1-2H3,(H,13,15)(H,14,16). The zero-order chi connectivity index (χ0) is 13.5. The molecule has 0 aliphatic rings. The predicted molar refractivity (Wildman–Crippen MR) is 69.8 cm³/mol. The maximum absolute atomic E-state index is 11.7. The van der Waals surface area contributed by atoms with E-state index in [2.05, 4.69) is 10.6 Å². The Morgan fingerprint density at radius 2 is 1.78 bits per heavy atom. The summed E-state index contributed by atoms with van der Waals surface area (Å²) in [5.41, 5.74) is 0.438. The van der Waals surface area contributed by atoms with Gasteiger partial charge in [0.05, 0.1) is 6.54 Å². The van der Waals surface area contributed by atoms with Crippen LogP contribution in [0.5, 0.6) is 0 Å². The maximum Gasteiger partial charge on any atom is 0.251 e. The molecule has 98 valence electrons. The van der Waals surface area contributed by atoms with E-state index in [1.54, 1.807) is 30.5 Å². The van der Waals surface area contributed by atoms with E-state index in [1.807, 2.05) is 6.92 Å². The van der Waals surface area contributed by atoms with Crippen molar-refractivity contribution < 1.29 is 13.8 Å². The van der Waals surface area contributed by atoms with Crippen molar-refractivity contribution >= 4 is 22.6 Å². The minimum Gasteiger partial charge on any atom is -0.355 e. The predicted octanol–water partition coefficient (Wildman–Crippen LogP) is 0.290. The Bertz CT molecular complexity index is 457. The number of carbonyl (C=O) groups is 2. The number of likely N-dealkylation sites (N-methyl/N-ethyl adjacent to an activating group) is 1. The monoisotopic (exact) mass is 268 g/mol. The number of hydrogen-bond donors (Lipinski definition) is 2. The SMILES string of the molecule is CCNC(=O)CNC(=O)c1ccc(S(C)=O)cc1. The van der Waals surface area contributed by atoms with Crippen LogP contribution in [0.3, 0.4) is 0 Å². The van der Waals surface area contributed by atoms with Gasteiger partial charge in [-0.2, -0.15) is 0 Å². The van der Waals surface area contributed by atoms with Crippen LogP contribution in [0.1, 0.15) is 17.3 Å². The largest absolute Gasteiger partial charge is 0.355 e. The third kappa shape index (κ3) is 4.29. The Morgan fingerprint density at radius 3 is 2.28 bits per heavy atom. The first-order valence-electron chi connectivity index (χ1n) is 5.53. The molecule has 0 radical (unpaired) electrons. The fraction of sp³-hybridized carbons (Fsp3) is 0.333. The molecule has 0 spiro atoms. The van der Waals surface area contributed by atoms with Gasteiger partial charge in [0.25, 0.3) is 5.91 Å². The van der Waals surface area contributed by atoms with Crippen LogP contribution in [0.25, 0.3) is 0 Å². The summed E-state index contributed by atoms with van der Waals surface area (Å²) < 4.78 is 11.2. The van der Waals surface area contributed by atoms with Crippen LogP contribution in [-0.4, -0.2) is 35.4 Å². The molecule has 0 bridgehead atoms. The van der Waals surface area contributed by atoms with Crippen molar-refractivity contribution in [2.75, 3.05) is 19.3 Å². The first kappa shape index (κ1) is 14.4. The molecule has 0 aromatic heterocycles. The summed E-state index contributed by atoms with van der Waals surface area (Å²) in [5.74, 6) is -0.549. The number of hydrogen-bond acceptors (Lipinski definition) is 3. The van der Waals surface area contributed by atoms with E-state index in [9.17, 15) is 13.8 Å². The fourth-order valence-electron chi connectivity index (χ4n) is 1.32. The van der Waals surface area contributed by atoms with Gasteiger partial charge >= 0.3 is 0 Å². The third-order valence-corrected chi connectivity index (χ3v) is 3.17. The zero-order valence-electron chi connectivity index (χ0n) is 10.4. The van der Waals surface area contributed by atoms with E-state index in [-0.39, 0.29) is 18.4 Å². The maximum atomic E-state index is 11.7. The highest BCUT2D eigenvalue weighted by Crippen LogP contribution is 2.07. The fourth-order valence-corrected chi connectivity index (χ4v) is 1.84. The van der Waals surface area contributed by atoms with E-state index >= 15 is 0 Å². The lowest BCUT2D eigenvalue weighted by molar-refractivity contribution is -0.120. The van der Waals surface area contributed by atoms with Gasteiger partial charge in [-0.3, -0.25) is 13.8 Å². The smallest absolute Gasteiger partial charge is 0.251 e. The van der Waals surface area contributed by atoms with Crippen molar-refractivity contribution in [1.82, 2.24) is 10.6 Å². The topological polar surface area (TPSA) is 75.3 Å². The number of nitrogens with one attached hydrogen (secondary N) is 2. The number of carbonyl (C=O) groups excluding carboxylic acids is 2. The normalized spacial score (nSPS) is 11.7. The Morgan fingerprint density at radius 1 is 1.17 bits per heavy atom. The van der Waals surface area contributed by atoms with Gasteiger partial charge in [-0.15, -0.1) is 0 Å². The van der Waals surface area contributed by atoms with E-state index in [1.165, 1.54) is 0 Å². The third-order valence-electron chi connectivity index (χ3n) is 2.23. The van der Waals surface area contributed by atoms with E-state index < -0.39 is 10.8 Å². The summed E-state index contributed by atoms with van der Waals surface area (Å²) in [7, 11) is -1.06. The summed E-state index contributed by atoms with van der Waals surface area (Å²) >= 11 is 0. The molecule has 1 unspecified atom stereocenters. The van der Waals surface area contributed by atoms with Gasteiger partial charge in [0.15, 0.2) is 0 Å². The van der Waals surface area contributed by atoms with Gasteiger partial charge in [-0.25, -0.2) is 0 Å². The minimum atomic E-state index is -1.06. The van der Waals surface area contributed by atoms with Crippen LogP contribution in [0.15, 0.2) is 29.2 Å². The number of amides is 2. The lowest BCUT2D eigenvalue weighted by atomic mass is 10.2. The van der Waals surface area contributed by atoms with Crippen molar-refractivity contribution in [3.8, 4) is 0 Å². The number of rotatable bonds is 5. The molecule has 0 heterocycles. The van der Waals surface area contributed by atoms with Gasteiger partial charge in [0.2, 0.25) is 5.91 Å². The molecule has 0 saturated carbocycles. The first-order chi connectivity index (χ1) is 8.54. The molecule has 2 N–H and O–H groups in total. The molecule has 1 atom stereocenters. The van der Waals surface area contributed by atoms with Crippen LogP contribution in [0.2, 0.25) is 0 Å². The quantitative estimate of drug-likeness (QED) is 0.806. The Hall–Kier alpha value is -1.69. The summed E-state index contributed by atoms with van der Waals surface area (Å²) in [6, 6.07) is 6.45. The molecule has 0 saturated heterocycles. The lowest BCUT2D eigenvalue weighted by Crippen LogP contribution is -2.36. The molecule has 1 aromatic rings. The van der Waals surface area contributed by atoms with Gasteiger partial charge in [-0.05, 0) is 31.2 Å². The summed E-state index contributed by atoms with van der Waals surface area (Å²) in [6.45, 7) is 2.29. The first-order valence-corrected chi connectivity index (χ1v) is 7.08. The van der Waals surface area contributed by atoms with Crippen LogP contribution >= 0.6 is 0 Å². The summed E-state index contributed by atoms with van der Waals surface area (Å²) in [4.78, 5) is 23.5. The van der Waals surface area contributed by atoms with Crippen molar-refractivity contribution in [2.45, 2.75) is 11.8 Å². The molecule has 18 heavy (non-hydrogen) atoms. The van der Waals surface area contributed by atoms with Crippen molar-refractivity contribution in [3.05, 3.63) is 29.8 Å². The average Bonchev–Trinajstić information content (AvgIpc) is 2.36. The summed E-state index contributed by atoms with van der Waals surface area (Å²) in [5, 5.41) is 5.09. The second-order valence-electron chi connectivity index (χ2n) is 3.61. The molecule has 2 amide bonds. The molecule has 5 nitrogen and oxygen atoms in total. The average molecular weight is 268 g/mol. The van der Waals surface area contributed by atoms with Crippen LogP contribution < -0.4 is 10.6 Å².